The molecule has 0 heterocycles. The first-order valence-corrected chi connectivity index (χ1v) is 6.91. The van der Waals surface area contributed by atoms with Gasteiger partial charge in [0, 0.05) is 6.42 Å². The van der Waals surface area contributed by atoms with Gasteiger partial charge in [-0.05, 0) is 38.5 Å². The Labute approximate surface area is 129 Å². The number of aldehydes is 1. The number of halogens is 1. The minimum Gasteiger partial charge on any atom is -0.495 e. The second kappa shape index (κ2) is 7.31. The van der Waals surface area contributed by atoms with Crippen molar-refractivity contribution in [2.45, 2.75) is 38.8 Å². The van der Waals surface area contributed by atoms with Gasteiger partial charge in [0.25, 0.3) is 0 Å². The molecule has 0 aliphatic heterocycles. The molecule has 0 aliphatic rings. The predicted octanol–water partition coefficient (Wildman–Crippen LogP) is 3.50. The molecular weight excluding hydrogens is 294 g/mol. The molecular formula is C15H20ClNO4. The summed E-state index contributed by atoms with van der Waals surface area (Å²) in [6.45, 7) is 5.31. The Balaban J connectivity index is 2.89. The highest BCUT2D eigenvalue weighted by Gasteiger charge is 2.21. The normalized spacial score (nSPS) is 12.4. The number of rotatable bonds is 5. The zero-order valence-corrected chi connectivity index (χ0v) is 13.4. The van der Waals surface area contributed by atoms with Crippen molar-refractivity contribution < 1.29 is 19.1 Å². The predicted molar refractivity (Wildman–Crippen MR) is 80.8 cm³/mol. The summed E-state index contributed by atoms with van der Waals surface area (Å²) < 4.78 is 10.3. The van der Waals surface area contributed by atoms with Gasteiger partial charge in [0.05, 0.1) is 18.2 Å². The lowest BCUT2D eigenvalue weighted by atomic mass is 10.0. The summed E-state index contributed by atoms with van der Waals surface area (Å²) in [5.74, 6) is 0.530. The van der Waals surface area contributed by atoms with Gasteiger partial charge in [-0.15, -0.1) is 0 Å². The molecule has 1 rings (SSSR count). The molecule has 0 bridgehead atoms. The fraction of sp³-hybridized carbons (Fsp3) is 0.467. The van der Waals surface area contributed by atoms with Crippen LogP contribution in [0.15, 0.2) is 18.2 Å². The topological polar surface area (TPSA) is 64.6 Å². The zero-order valence-electron chi connectivity index (χ0n) is 12.6. The van der Waals surface area contributed by atoms with Gasteiger partial charge in [0.1, 0.15) is 17.6 Å². The lowest BCUT2D eigenvalue weighted by Crippen LogP contribution is -2.35. The minimum atomic E-state index is -0.604. The SMILES string of the molecule is COc1ccc([C@H](CC=O)NC(=O)OC(C)(C)C)cc1Cl. The van der Waals surface area contributed by atoms with Crippen LogP contribution in [0.25, 0.3) is 0 Å². The van der Waals surface area contributed by atoms with Crippen LogP contribution in [0.2, 0.25) is 5.02 Å². The van der Waals surface area contributed by atoms with Crippen molar-refractivity contribution in [3.63, 3.8) is 0 Å². The summed E-state index contributed by atoms with van der Waals surface area (Å²) in [5, 5.41) is 3.08. The van der Waals surface area contributed by atoms with Crippen LogP contribution in [0.3, 0.4) is 0 Å². The maximum atomic E-state index is 11.8. The number of amides is 1. The van der Waals surface area contributed by atoms with Crippen LogP contribution >= 0.6 is 11.6 Å². The van der Waals surface area contributed by atoms with Gasteiger partial charge in [0.2, 0.25) is 0 Å². The first-order valence-electron chi connectivity index (χ1n) is 6.53. The Kier molecular flexibility index (Phi) is 6.03. The highest BCUT2D eigenvalue weighted by Crippen LogP contribution is 2.28. The van der Waals surface area contributed by atoms with Crippen molar-refractivity contribution >= 4 is 24.0 Å². The maximum absolute atomic E-state index is 11.8. The van der Waals surface area contributed by atoms with Crippen LogP contribution in [-0.4, -0.2) is 25.1 Å². The van der Waals surface area contributed by atoms with Crippen molar-refractivity contribution in [1.82, 2.24) is 5.32 Å². The van der Waals surface area contributed by atoms with E-state index in [1.807, 2.05) is 0 Å². The van der Waals surface area contributed by atoms with Crippen LogP contribution in [0.1, 0.15) is 38.8 Å². The van der Waals surface area contributed by atoms with Gasteiger partial charge in [-0.1, -0.05) is 17.7 Å². The van der Waals surface area contributed by atoms with E-state index in [2.05, 4.69) is 5.32 Å². The van der Waals surface area contributed by atoms with E-state index in [0.717, 1.165) is 6.29 Å². The van der Waals surface area contributed by atoms with E-state index in [0.29, 0.717) is 16.3 Å². The molecule has 0 saturated carbocycles. The number of carbonyl (C=O) groups is 2. The van der Waals surface area contributed by atoms with Crippen molar-refractivity contribution in [3.8, 4) is 5.75 Å². The van der Waals surface area contributed by atoms with E-state index in [1.165, 1.54) is 7.11 Å². The molecule has 0 aromatic heterocycles. The summed E-state index contributed by atoms with van der Waals surface area (Å²) in [5.41, 5.74) is 0.103. The first-order chi connectivity index (χ1) is 9.76. The van der Waals surface area contributed by atoms with Gasteiger partial charge in [-0.3, -0.25) is 0 Å². The number of methoxy groups -OCH3 is 1. The van der Waals surface area contributed by atoms with Crippen LogP contribution in [0, 0.1) is 0 Å². The van der Waals surface area contributed by atoms with Gasteiger partial charge >= 0.3 is 6.09 Å². The van der Waals surface area contributed by atoms with Crippen molar-refractivity contribution in [3.05, 3.63) is 28.8 Å². The quantitative estimate of drug-likeness (QED) is 0.845. The molecule has 116 valence electrons. The largest absolute Gasteiger partial charge is 0.495 e. The standard InChI is InChI=1S/C15H20ClNO4/c1-15(2,3)21-14(19)17-12(7-8-18)10-5-6-13(20-4)11(16)9-10/h5-6,8-9,12H,7H2,1-4H3,(H,17,19)/t12-/m0/s1. The van der Waals surface area contributed by atoms with Crippen LogP contribution in [0.4, 0.5) is 4.79 Å². The van der Waals surface area contributed by atoms with Gasteiger partial charge in [-0.25, -0.2) is 4.79 Å². The number of ether oxygens (including phenoxy) is 2. The molecule has 1 atom stereocenters. The molecule has 0 aliphatic carbocycles. The molecule has 0 unspecified atom stereocenters. The molecule has 0 fully saturated rings. The number of hydrogen-bond donors (Lipinski definition) is 1. The third-order valence-electron chi connectivity index (χ3n) is 2.60. The number of hydrogen-bond acceptors (Lipinski definition) is 4. The molecule has 1 aromatic rings. The van der Waals surface area contributed by atoms with Crippen LogP contribution in [0.5, 0.6) is 5.75 Å². The van der Waals surface area contributed by atoms with E-state index >= 15 is 0 Å². The highest BCUT2D eigenvalue weighted by molar-refractivity contribution is 6.32. The third kappa shape index (κ3) is 5.63. The summed E-state index contributed by atoms with van der Waals surface area (Å²) in [6, 6.07) is 4.59. The summed E-state index contributed by atoms with van der Waals surface area (Å²) in [4.78, 5) is 22.6. The number of nitrogens with one attached hydrogen (secondary N) is 1. The number of benzene rings is 1. The van der Waals surface area contributed by atoms with Crippen molar-refractivity contribution in [2.75, 3.05) is 7.11 Å². The number of alkyl carbamates (subject to hydrolysis) is 1. The van der Waals surface area contributed by atoms with E-state index in [1.54, 1.807) is 39.0 Å². The molecule has 21 heavy (non-hydrogen) atoms. The second-order valence-electron chi connectivity index (χ2n) is 5.50. The Bertz CT molecular complexity index is 511. The minimum absolute atomic E-state index is 0.127. The fourth-order valence-corrected chi connectivity index (χ4v) is 1.99. The Morgan fingerprint density at radius 1 is 1.43 bits per heavy atom. The molecule has 6 heteroatoms. The zero-order chi connectivity index (χ0) is 16.0. The summed E-state index contributed by atoms with van der Waals surface area (Å²) in [6.07, 6.45) is 0.281. The molecule has 0 spiro atoms. The average Bonchev–Trinajstić information content (AvgIpc) is 2.36. The van der Waals surface area contributed by atoms with Gasteiger partial charge in [-0.2, -0.15) is 0 Å². The van der Waals surface area contributed by atoms with E-state index in [-0.39, 0.29) is 6.42 Å². The van der Waals surface area contributed by atoms with E-state index in [4.69, 9.17) is 21.1 Å². The van der Waals surface area contributed by atoms with Crippen molar-refractivity contribution in [2.24, 2.45) is 0 Å². The second-order valence-corrected chi connectivity index (χ2v) is 5.90. The maximum Gasteiger partial charge on any atom is 0.408 e. The first kappa shape index (κ1) is 17.3. The number of carbonyl (C=O) groups excluding carboxylic acids is 2. The molecule has 1 aromatic carbocycles. The fourth-order valence-electron chi connectivity index (χ4n) is 1.72. The Morgan fingerprint density at radius 2 is 2.10 bits per heavy atom. The van der Waals surface area contributed by atoms with Crippen molar-refractivity contribution in [1.29, 1.82) is 0 Å². The van der Waals surface area contributed by atoms with Gasteiger partial charge in [0.15, 0.2) is 0 Å². The lowest BCUT2D eigenvalue weighted by molar-refractivity contribution is -0.108. The smallest absolute Gasteiger partial charge is 0.408 e. The molecule has 5 nitrogen and oxygen atoms in total. The van der Waals surface area contributed by atoms with E-state index < -0.39 is 17.7 Å². The van der Waals surface area contributed by atoms with Gasteiger partial charge < -0.3 is 19.6 Å². The highest BCUT2D eigenvalue weighted by atomic mass is 35.5. The summed E-state index contributed by atoms with van der Waals surface area (Å²) >= 11 is 6.06. The van der Waals surface area contributed by atoms with Crippen LogP contribution in [-0.2, 0) is 9.53 Å². The Hall–Kier alpha value is -1.75. The van der Waals surface area contributed by atoms with Crippen LogP contribution < -0.4 is 10.1 Å². The Morgan fingerprint density at radius 3 is 2.57 bits per heavy atom. The lowest BCUT2D eigenvalue weighted by Gasteiger charge is -2.23. The molecule has 1 amide bonds. The average molecular weight is 314 g/mol. The van der Waals surface area contributed by atoms with E-state index in [9.17, 15) is 9.59 Å². The molecule has 1 N–H and O–H groups in total. The molecule has 0 saturated heterocycles. The third-order valence-corrected chi connectivity index (χ3v) is 2.90. The monoisotopic (exact) mass is 313 g/mol. The molecule has 0 radical (unpaired) electrons. The summed E-state index contributed by atoms with van der Waals surface area (Å²) in [7, 11) is 1.52.